The molecule has 0 aromatic carbocycles. The van der Waals surface area contributed by atoms with Crippen molar-refractivity contribution in [3.8, 4) is 0 Å². The van der Waals surface area contributed by atoms with Gasteiger partial charge in [0.25, 0.3) is 5.91 Å². The third-order valence-corrected chi connectivity index (χ3v) is 5.69. The number of urea groups is 1. The van der Waals surface area contributed by atoms with E-state index >= 15 is 0 Å². The Hall–Kier alpha value is -3.23. The molecule has 0 saturated carbocycles. The van der Waals surface area contributed by atoms with E-state index in [-0.39, 0.29) is 45.5 Å². The van der Waals surface area contributed by atoms with Gasteiger partial charge >= 0.3 is 18.4 Å². The summed E-state index contributed by atoms with van der Waals surface area (Å²) < 4.78 is 74.0. The molecule has 1 radical (unpaired) electrons. The number of alkyl halides is 6. The number of nitrogens with one attached hydrogen (secondary N) is 3. The minimum atomic E-state index is -4.51. The number of fused-ring (bicyclic) bond motifs is 1. The number of rotatable bonds is 6. The number of nitrogens with zero attached hydrogens (tertiary/aromatic N) is 5. The number of imidazole rings is 1. The molecule has 3 amide bonds. The van der Waals surface area contributed by atoms with Crippen LogP contribution in [0.3, 0.4) is 0 Å². The molecule has 4 N–H and O–H groups in total. The second kappa shape index (κ2) is 12.7. The standard InChI is InChI=1S/C19H21F3N8O2.C4H7F3O.Re/c1-10(2)30-13(5-6-24-30)17(31)23-7-15-26-12-4-3-11(25-16(12)28-15)8-29-9-14(19(20,21)22)27-18(29)32;1-3(2,8)4(5,6)7;/h3-6,10,14H,7-9H2,1-2H3,(H,23,31)(H,27,32)(H,25,26,28);8H,1-2H3;. The first-order valence-corrected chi connectivity index (χ1v) is 11.9. The van der Waals surface area contributed by atoms with E-state index < -0.39 is 36.6 Å². The van der Waals surface area contributed by atoms with Gasteiger partial charge in [0, 0.05) is 32.7 Å². The predicted molar refractivity (Wildman–Crippen MR) is 129 cm³/mol. The summed E-state index contributed by atoms with van der Waals surface area (Å²) >= 11 is 0. The fourth-order valence-corrected chi connectivity index (χ4v) is 3.42. The van der Waals surface area contributed by atoms with Gasteiger partial charge in [-0.1, -0.05) is 0 Å². The summed E-state index contributed by atoms with van der Waals surface area (Å²) in [4.78, 5) is 37.0. The average molecular weight is 765 g/mol. The molecule has 1 unspecified atom stereocenters. The minimum absolute atomic E-state index is 0. The number of amides is 3. The molecule has 41 heavy (non-hydrogen) atoms. The SMILES string of the molecule is CC(C)(O)C(F)(F)F.CC(C)n1nccc1C(=O)NCc1nc2nc(CN3CC(C(F)(F)F)NC3=O)ccc2[nH]1.[Re]. The number of pyridine rings is 1. The molecule has 11 nitrogen and oxygen atoms in total. The van der Waals surface area contributed by atoms with Crippen molar-refractivity contribution in [3.63, 3.8) is 0 Å². The molecule has 0 spiro atoms. The minimum Gasteiger partial charge on any atom is -0.381 e. The molecule has 3 aromatic heterocycles. The Morgan fingerprint density at radius 1 is 1.15 bits per heavy atom. The van der Waals surface area contributed by atoms with E-state index in [1.165, 1.54) is 0 Å². The topological polar surface area (TPSA) is 141 Å². The Bertz CT molecular complexity index is 1340. The molecule has 3 aromatic rings. The maximum Gasteiger partial charge on any atom is 0.416 e. The fraction of sp³-hybridized carbons (Fsp3) is 0.522. The Labute approximate surface area is 243 Å². The first kappa shape index (κ1) is 34.0. The van der Waals surface area contributed by atoms with Gasteiger partial charge in [-0.05, 0) is 45.9 Å². The first-order valence-electron chi connectivity index (χ1n) is 11.9. The third-order valence-electron chi connectivity index (χ3n) is 5.69. The van der Waals surface area contributed by atoms with Crippen molar-refractivity contribution in [1.82, 2.24) is 40.3 Å². The Morgan fingerprint density at radius 3 is 2.32 bits per heavy atom. The van der Waals surface area contributed by atoms with Crippen LogP contribution in [0, 0.1) is 0 Å². The molecule has 18 heteroatoms. The maximum absolute atomic E-state index is 12.8. The van der Waals surface area contributed by atoms with E-state index in [1.54, 1.807) is 29.1 Å². The number of aliphatic hydroxyl groups is 1. The summed E-state index contributed by atoms with van der Waals surface area (Å²) in [6.45, 7) is 4.80. The van der Waals surface area contributed by atoms with Crippen LogP contribution in [0.25, 0.3) is 11.2 Å². The van der Waals surface area contributed by atoms with Crippen molar-refractivity contribution in [1.29, 1.82) is 0 Å². The number of aromatic nitrogens is 5. The Balaban J connectivity index is 0.000000574. The molecule has 4 heterocycles. The molecular weight excluding hydrogens is 737 g/mol. The van der Waals surface area contributed by atoms with E-state index in [2.05, 4.69) is 25.4 Å². The molecule has 1 aliphatic rings. The van der Waals surface area contributed by atoms with Gasteiger partial charge in [-0.15, -0.1) is 0 Å². The van der Waals surface area contributed by atoms with Gasteiger partial charge in [-0.3, -0.25) is 9.48 Å². The van der Waals surface area contributed by atoms with E-state index in [0.717, 1.165) is 4.90 Å². The van der Waals surface area contributed by atoms with Gasteiger partial charge in [-0.2, -0.15) is 31.4 Å². The number of H-pyrrole nitrogens is 1. The molecular formula is C23H28F6N8O3Re. The summed E-state index contributed by atoms with van der Waals surface area (Å²) in [6.07, 6.45) is -7.46. The molecule has 4 rings (SSSR count). The van der Waals surface area contributed by atoms with Gasteiger partial charge in [0.2, 0.25) is 0 Å². The monoisotopic (exact) mass is 765 g/mol. The number of hydrogen-bond donors (Lipinski definition) is 4. The zero-order chi connectivity index (χ0) is 30.0. The second-order valence-electron chi connectivity index (χ2n) is 9.78. The van der Waals surface area contributed by atoms with Crippen LogP contribution in [0.15, 0.2) is 24.4 Å². The van der Waals surface area contributed by atoms with Crippen molar-refractivity contribution in [2.45, 2.75) is 70.8 Å². The molecule has 0 bridgehead atoms. The van der Waals surface area contributed by atoms with Gasteiger partial charge in [-0.25, -0.2) is 14.8 Å². The summed E-state index contributed by atoms with van der Waals surface area (Å²) in [5.74, 6) is 0.161. The molecule has 1 fully saturated rings. The van der Waals surface area contributed by atoms with E-state index in [9.17, 15) is 35.9 Å². The van der Waals surface area contributed by atoms with E-state index in [1.807, 2.05) is 19.2 Å². The molecule has 1 atom stereocenters. The number of carbonyl (C=O) groups is 2. The van der Waals surface area contributed by atoms with Crippen LogP contribution >= 0.6 is 0 Å². The summed E-state index contributed by atoms with van der Waals surface area (Å²) in [5, 5.41) is 17.0. The molecule has 0 aliphatic carbocycles. The number of carbonyl (C=O) groups excluding carboxylic acids is 2. The normalized spacial score (nSPS) is 15.9. The van der Waals surface area contributed by atoms with Crippen LogP contribution in [0.2, 0.25) is 0 Å². The van der Waals surface area contributed by atoms with Crippen molar-refractivity contribution >= 4 is 23.1 Å². The van der Waals surface area contributed by atoms with Crippen LogP contribution in [-0.2, 0) is 33.5 Å². The van der Waals surface area contributed by atoms with E-state index in [0.29, 0.717) is 42.2 Å². The van der Waals surface area contributed by atoms with Crippen molar-refractivity contribution in [3.05, 3.63) is 41.6 Å². The third kappa shape index (κ3) is 8.63. The van der Waals surface area contributed by atoms with E-state index in [4.69, 9.17) is 5.11 Å². The summed E-state index contributed by atoms with van der Waals surface area (Å²) in [6, 6.07) is 2.26. The van der Waals surface area contributed by atoms with Crippen molar-refractivity contribution in [2.24, 2.45) is 0 Å². The number of aromatic amines is 1. The number of halogens is 6. The largest absolute Gasteiger partial charge is 0.416 e. The van der Waals surface area contributed by atoms with Crippen molar-refractivity contribution in [2.75, 3.05) is 6.54 Å². The van der Waals surface area contributed by atoms with Crippen LogP contribution < -0.4 is 10.6 Å². The number of hydrogen-bond acceptors (Lipinski definition) is 6. The van der Waals surface area contributed by atoms with Crippen LogP contribution in [0.1, 0.15) is 55.7 Å². The zero-order valence-electron chi connectivity index (χ0n) is 22.2. The molecule has 1 aliphatic heterocycles. The summed E-state index contributed by atoms with van der Waals surface area (Å²) in [7, 11) is 0. The first-order chi connectivity index (χ1) is 18.4. The maximum atomic E-state index is 12.8. The Morgan fingerprint density at radius 2 is 1.78 bits per heavy atom. The molecule has 1 saturated heterocycles. The fourth-order valence-electron chi connectivity index (χ4n) is 3.42. The smallest absolute Gasteiger partial charge is 0.381 e. The zero-order valence-corrected chi connectivity index (χ0v) is 24.9. The summed E-state index contributed by atoms with van der Waals surface area (Å²) in [5.41, 5.74) is -0.793. The van der Waals surface area contributed by atoms with Crippen LogP contribution in [-0.4, -0.2) is 77.2 Å². The van der Waals surface area contributed by atoms with Gasteiger partial charge < -0.3 is 25.6 Å². The van der Waals surface area contributed by atoms with Gasteiger partial charge in [0.05, 0.1) is 30.8 Å². The van der Waals surface area contributed by atoms with Crippen LogP contribution in [0.4, 0.5) is 31.1 Å². The van der Waals surface area contributed by atoms with Crippen LogP contribution in [0.5, 0.6) is 0 Å². The quantitative estimate of drug-likeness (QED) is 0.284. The van der Waals surface area contributed by atoms with Crippen molar-refractivity contribution < 1.29 is 61.5 Å². The second-order valence-corrected chi connectivity index (χ2v) is 9.78. The van der Waals surface area contributed by atoms with Gasteiger partial charge in [0.15, 0.2) is 11.2 Å². The molecule has 227 valence electrons. The van der Waals surface area contributed by atoms with Gasteiger partial charge in [0.1, 0.15) is 17.6 Å². The Kier molecular flexibility index (Phi) is 10.6. The predicted octanol–water partition coefficient (Wildman–Crippen LogP) is 3.44. The average Bonchev–Trinajstić information content (AvgIpc) is 3.54.